The van der Waals surface area contributed by atoms with E-state index in [1.54, 1.807) is 19.9 Å². The van der Waals surface area contributed by atoms with Crippen molar-refractivity contribution in [2.45, 2.75) is 13.8 Å². The van der Waals surface area contributed by atoms with Gasteiger partial charge in [0.25, 0.3) is 0 Å². The van der Waals surface area contributed by atoms with Crippen LogP contribution >= 0.6 is 27.3 Å². The highest BCUT2D eigenvalue weighted by Crippen LogP contribution is 2.26. The quantitative estimate of drug-likeness (QED) is 0.675. The van der Waals surface area contributed by atoms with Crippen molar-refractivity contribution in [2.75, 3.05) is 0 Å². The molecule has 0 aliphatic carbocycles. The third-order valence-electron chi connectivity index (χ3n) is 1.67. The Kier molecular flexibility index (Phi) is 3.89. The lowest BCUT2D eigenvalue weighted by Gasteiger charge is -1.98. The largest absolute Gasteiger partial charge is 0.506 e. The number of hydrogen-bond acceptors (Lipinski definition) is 3. The van der Waals surface area contributed by atoms with Gasteiger partial charge in [0, 0.05) is 12.0 Å². The SMILES string of the molecule is CC(C)C(=O)C=C(O)c1ccc(Br)s1. The molecule has 1 aromatic heterocycles. The first-order valence-electron chi connectivity index (χ1n) is 4.21. The number of ketones is 1. The summed E-state index contributed by atoms with van der Waals surface area (Å²) in [6.45, 7) is 3.60. The molecule has 0 fully saturated rings. The molecule has 0 unspecified atom stereocenters. The Bertz CT molecular complexity index is 366. The van der Waals surface area contributed by atoms with Crippen LogP contribution in [0.15, 0.2) is 22.0 Å². The van der Waals surface area contributed by atoms with Crippen LogP contribution in [0, 0.1) is 5.92 Å². The van der Waals surface area contributed by atoms with Crippen molar-refractivity contribution in [3.8, 4) is 0 Å². The minimum absolute atomic E-state index is 0.0411. The first-order valence-corrected chi connectivity index (χ1v) is 5.82. The minimum Gasteiger partial charge on any atom is -0.506 e. The standard InChI is InChI=1S/C10H11BrO2S/c1-6(2)7(12)5-8(13)9-3-4-10(11)14-9/h3-6,13H,1-2H3. The van der Waals surface area contributed by atoms with Gasteiger partial charge < -0.3 is 5.11 Å². The van der Waals surface area contributed by atoms with Crippen LogP contribution in [0.2, 0.25) is 0 Å². The molecular formula is C10H11BrO2S. The maximum absolute atomic E-state index is 11.3. The highest BCUT2D eigenvalue weighted by atomic mass is 79.9. The van der Waals surface area contributed by atoms with Crippen molar-refractivity contribution >= 4 is 38.8 Å². The summed E-state index contributed by atoms with van der Waals surface area (Å²) in [5.41, 5.74) is 0. The van der Waals surface area contributed by atoms with Gasteiger partial charge in [-0.05, 0) is 28.1 Å². The number of allylic oxidation sites excluding steroid dienone is 1. The summed E-state index contributed by atoms with van der Waals surface area (Å²) in [7, 11) is 0. The summed E-state index contributed by atoms with van der Waals surface area (Å²) >= 11 is 4.69. The Morgan fingerprint density at radius 1 is 1.57 bits per heavy atom. The highest BCUT2D eigenvalue weighted by molar-refractivity contribution is 9.11. The Balaban J connectivity index is 2.84. The lowest BCUT2D eigenvalue weighted by Crippen LogP contribution is -2.03. The molecule has 0 aromatic carbocycles. The molecule has 2 nitrogen and oxygen atoms in total. The first kappa shape index (κ1) is 11.5. The van der Waals surface area contributed by atoms with Crippen molar-refractivity contribution < 1.29 is 9.90 Å². The van der Waals surface area contributed by atoms with E-state index < -0.39 is 0 Å². The van der Waals surface area contributed by atoms with Crippen molar-refractivity contribution in [1.29, 1.82) is 0 Å². The molecule has 0 aliphatic heterocycles. The molecule has 4 heteroatoms. The van der Waals surface area contributed by atoms with Gasteiger partial charge in [0.05, 0.1) is 8.66 Å². The Hall–Kier alpha value is -0.610. The van der Waals surface area contributed by atoms with Crippen molar-refractivity contribution in [3.05, 3.63) is 26.9 Å². The number of thiophene rings is 1. The zero-order chi connectivity index (χ0) is 10.7. The van der Waals surface area contributed by atoms with Crippen LogP contribution in [-0.2, 0) is 4.79 Å². The second-order valence-corrected chi connectivity index (χ2v) is 5.65. The molecule has 0 saturated carbocycles. The fourth-order valence-electron chi connectivity index (χ4n) is 0.825. The van der Waals surface area contributed by atoms with Crippen LogP contribution in [-0.4, -0.2) is 10.9 Å². The smallest absolute Gasteiger partial charge is 0.161 e. The number of carbonyl (C=O) groups is 1. The van der Waals surface area contributed by atoms with E-state index in [9.17, 15) is 9.90 Å². The zero-order valence-corrected chi connectivity index (χ0v) is 10.4. The summed E-state index contributed by atoms with van der Waals surface area (Å²) in [6.07, 6.45) is 1.28. The van der Waals surface area contributed by atoms with E-state index in [0.717, 1.165) is 3.79 Å². The monoisotopic (exact) mass is 274 g/mol. The molecule has 1 heterocycles. The molecule has 1 N–H and O–H groups in total. The second kappa shape index (κ2) is 4.75. The third kappa shape index (κ3) is 2.96. The van der Waals surface area contributed by atoms with E-state index in [2.05, 4.69) is 15.9 Å². The van der Waals surface area contributed by atoms with Gasteiger partial charge in [-0.3, -0.25) is 4.79 Å². The number of carbonyl (C=O) groups excluding carboxylic acids is 1. The average Bonchev–Trinajstić information content (AvgIpc) is 2.51. The van der Waals surface area contributed by atoms with Crippen LogP contribution < -0.4 is 0 Å². The van der Waals surface area contributed by atoms with E-state index in [1.807, 2.05) is 6.07 Å². The maximum atomic E-state index is 11.3. The molecule has 0 spiro atoms. The van der Waals surface area contributed by atoms with E-state index in [-0.39, 0.29) is 17.5 Å². The van der Waals surface area contributed by atoms with Gasteiger partial charge in [-0.1, -0.05) is 13.8 Å². The first-order chi connectivity index (χ1) is 6.50. The van der Waals surface area contributed by atoms with Crippen molar-refractivity contribution in [1.82, 2.24) is 0 Å². The minimum atomic E-state index is -0.0828. The fourth-order valence-corrected chi connectivity index (χ4v) is 2.13. The molecule has 1 aromatic rings. The van der Waals surface area contributed by atoms with Crippen LogP contribution in [0.25, 0.3) is 5.76 Å². The number of rotatable bonds is 3. The van der Waals surface area contributed by atoms with Crippen molar-refractivity contribution in [2.24, 2.45) is 5.92 Å². The highest BCUT2D eigenvalue weighted by Gasteiger charge is 2.08. The lowest BCUT2D eigenvalue weighted by molar-refractivity contribution is -0.117. The summed E-state index contributed by atoms with van der Waals surface area (Å²) in [6, 6.07) is 3.61. The lowest BCUT2D eigenvalue weighted by atomic mass is 10.1. The molecule has 0 saturated heterocycles. The topological polar surface area (TPSA) is 37.3 Å². The van der Waals surface area contributed by atoms with E-state index in [1.165, 1.54) is 17.4 Å². The average molecular weight is 275 g/mol. The Labute approximate surface area is 95.4 Å². The number of aliphatic hydroxyl groups is 1. The van der Waals surface area contributed by atoms with Crippen LogP contribution in [0.5, 0.6) is 0 Å². The van der Waals surface area contributed by atoms with Gasteiger partial charge in [0.2, 0.25) is 0 Å². The van der Waals surface area contributed by atoms with E-state index >= 15 is 0 Å². The summed E-state index contributed by atoms with van der Waals surface area (Å²) in [4.78, 5) is 12.0. The number of halogens is 1. The van der Waals surface area contributed by atoms with Crippen LogP contribution in [0.3, 0.4) is 0 Å². The fraction of sp³-hybridized carbons (Fsp3) is 0.300. The van der Waals surface area contributed by atoms with Crippen LogP contribution in [0.1, 0.15) is 18.7 Å². The predicted molar refractivity (Wildman–Crippen MR) is 62.5 cm³/mol. The predicted octanol–water partition coefficient (Wildman–Crippen LogP) is 3.63. The normalized spacial score (nSPS) is 12.1. The molecule has 0 radical (unpaired) electrons. The summed E-state index contributed by atoms with van der Waals surface area (Å²) < 4.78 is 0.935. The summed E-state index contributed by atoms with van der Waals surface area (Å²) in [5, 5.41) is 9.58. The van der Waals surface area contributed by atoms with Gasteiger partial charge in [-0.25, -0.2) is 0 Å². The second-order valence-electron chi connectivity index (χ2n) is 3.19. The molecule has 0 aliphatic rings. The van der Waals surface area contributed by atoms with E-state index in [0.29, 0.717) is 4.88 Å². The molecule has 0 amide bonds. The van der Waals surface area contributed by atoms with E-state index in [4.69, 9.17) is 0 Å². The van der Waals surface area contributed by atoms with Gasteiger partial charge in [-0.15, -0.1) is 11.3 Å². The number of hydrogen-bond donors (Lipinski definition) is 1. The molecule has 1 rings (SSSR count). The van der Waals surface area contributed by atoms with Gasteiger partial charge in [0.15, 0.2) is 5.78 Å². The summed E-state index contributed by atoms with van der Waals surface area (Å²) in [5.74, 6) is -0.105. The Morgan fingerprint density at radius 3 is 2.64 bits per heavy atom. The molecule has 14 heavy (non-hydrogen) atoms. The zero-order valence-electron chi connectivity index (χ0n) is 7.95. The number of aliphatic hydroxyl groups excluding tert-OH is 1. The van der Waals surface area contributed by atoms with Gasteiger partial charge in [-0.2, -0.15) is 0 Å². The van der Waals surface area contributed by atoms with Gasteiger partial charge >= 0.3 is 0 Å². The molecule has 0 atom stereocenters. The van der Waals surface area contributed by atoms with Crippen LogP contribution in [0.4, 0.5) is 0 Å². The maximum Gasteiger partial charge on any atom is 0.161 e. The third-order valence-corrected chi connectivity index (χ3v) is 3.32. The Morgan fingerprint density at radius 2 is 2.21 bits per heavy atom. The van der Waals surface area contributed by atoms with Gasteiger partial charge in [0.1, 0.15) is 5.76 Å². The molecule has 0 bridgehead atoms. The van der Waals surface area contributed by atoms with Crippen molar-refractivity contribution in [3.63, 3.8) is 0 Å². The molecule has 76 valence electrons. The molecular weight excluding hydrogens is 264 g/mol.